The summed E-state index contributed by atoms with van der Waals surface area (Å²) in [4.78, 5) is 43.9. The van der Waals surface area contributed by atoms with Crippen LogP contribution in [0.25, 0.3) is 0 Å². The van der Waals surface area contributed by atoms with E-state index in [1.54, 1.807) is 0 Å². The molecule has 1 fully saturated rings. The standard InChI is InChI=1S/C21H21F3N4O5.Na/c1-2-12-3-4-27-21(32)17-19(30)18(29)14(10-26(17)5-6-28(27)33-12)20(31)25-9-13-15(23)7-11(22)8-16(13)24;/h7-8,10,12,30H,2-6,9H2,1H3,(H,25,31);/q;+1/p-1. The average molecular weight is 488 g/mol. The largest absolute Gasteiger partial charge is 1.00 e. The van der Waals surface area contributed by atoms with Crippen molar-refractivity contribution in [2.24, 2.45) is 0 Å². The van der Waals surface area contributed by atoms with Crippen LogP contribution < -0.4 is 45.4 Å². The average Bonchev–Trinajstić information content (AvgIpc) is 2.91. The predicted octanol–water partition coefficient (Wildman–Crippen LogP) is -1.94. The summed E-state index contributed by atoms with van der Waals surface area (Å²) >= 11 is 0. The number of aromatic nitrogens is 1. The van der Waals surface area contributed by atoms with E-state index in [0.29, 0.717) is 25.1 Å². The molecule has 1 aromatic heterocycles. The van der Waals surface area contributed by atoms with Gasteiger partial charge in [-0.2, -0.15) is 0 Å². The molecule has 1 aromatic carbocycles. The summed E-state index contributed by atoms with van der Waals surface area (Å²) in [6.07, 6.45) is 2.28. The number of rotatable bonds is 4. The van der Waals surface area contributed by atoms with Gasteiger partial charge in [0.25, 0.3) is 11.8 Å². The molecule has 1 N–H and O–H groups in total. The molecule has 2 aromatic rings. The van der Waals surface area contributed by atoms with Crippen LogP contribution in [0.15, 0.2) is 23.1 Å². The van der Waals surface area contributed by atoms with Crippen LogP contribution in [-0.4, -0.2) is 45.8 Å². The summed E-state index contributed by atoms with van der Waals surface area (Å²) in [7, 11) is 0. The third-order valence-corrected chi connectivity index (χ3v) is 5.64. The van der Waals surface area contributed by atoms with Gasteiger partial charge in [-0.1, -0.05) is 12.1 Å². The molecule has 2 aliphatic heterocycles. The van der Waals surface area contributed by atoms with Crippen LogP contribution in [0.4, 0.5) is 13.2 Å². The Kier molecular flexibility index (Phi) is 8.09. The Hall–Kier alpha value is -2.38. The molecule has 13 heteroatoms. The van der Waals surface area contributed by atoms with Crippen LogP contribution in [0, 0.1) is 17.5 Å². The molecule has 2 amide bonds. The maximum absolute atomic E-state index is 13.8. The van der Waals surface area contributed by atoms with Crippen molar-refractivity contribution in [3.63, 3.8) is 0 Å². The van der Waals surface area contributed by atoms with Gasteiger partial charge in [-0.15, -0.1) is 0 Å². The Labute approximate surface area is 214 Å². The molecule has 3 heterocycles. The number of carbonyl (C=O) groups excluding carboxylic acids is 2. The number of hydrogen-bond donors (Lipinski definition) is 1. The molecule has 4 rings (SSSR count). The number of carbonyl (C=O) groups is 2. The Bertz CT molecular complexity index is 1170. The van der Waals surface area contributed by atoms with Crippen LogP contribution in [0.5, 0.6) is 5.75 Å². The van der Waals surface area contributed by atoms with Crippen molar-refractivity contribution in [2.75, 3.05) is 13.1 Å². The third kappa shape index (κ3) is 4.86. The van der Waals surface area contributed by atoms with Gasteiger partial charge in [0.05, 0.1) is 12.6 Å². The summed E-state index contributed by atoms with van der Waals surface area (Å²) < 4.78 is 41.9. The van der Waals surface area contributed by atoms with Crippen LogP contribution in [0.1, 0.15) is 46.2 Å². The minimum atomic E-state index is -1.22. The van der Waals surface area contributed by atoms with E-state index in [1.807, 2.05) is 6.92 Å². The third-order valence-electron chi connectivity index (χ3n) is 5.64. The second-order valence-electron chi connectivity index (χ2n) is 7.70. The molecule has 176 valence electrons. The normalized spacial score (nSPS) is 17.9. The first kappa shape index (κ1) is 26.2. The van der Waals surface area contributed by atoms with Crippen molar-refractivity contribution in [1.29, 1.82) is 0 Å². The van der Waals surface area contributed by atoms with E-state index in [1.165, 1.54) is 14.7 Å². The summed E-state index contributed by atoms with van der Waals surface area (Å²) in [5.74, 6) is -6.48. The van der Waals surface area contributed by atoms with E-state index in [-0.39, 0.29) is 48.8 Å². The topological polar surface area (TPSA) is 107 Å². The smallest absolute Gasteiger partial charge is 0.868 e. The number of benzene rings is 1. The van der Waals surface area contributed by atoms with E-state index in [0.717, 1.165) is 12.6 Å². The molecule has 0 saturated carbocycles. The summed E-state index contributed by atoms with van der Waals surface area (Å²) in [6.45, 7) is 1.83. The molecule has 1 unspecified atom stereocenters. The summed E-state index contributed by atoms with van der Waals surface area (Å²) in [5.41, 5.74) is -2.80. The number of nitrogens with zero attached hydrogens (tertiary/aromatic N) is 3. The van der Waals surface area contributed by atoms with Crippen LogP contribution in [0.3, 0.4) is 0 Å². The molecule has 0 bridgehead atoms. The maximum Gasteiger partial charge on any atom is 1.00 e. The molecule has 0 aliphatic carbocycles. The van der Waals surface area contributed by atoms with E-state index in [4.69, 9.17) is 4.84 Å². The molecule has 1 atom stereocenters. The minimum Gasteiger partial charge on any atom is -0.868 e. The number of hydroxylamine groups is 1. The molecule has 9 nitrogen and oxygen atoms in total. The second-order valence-corrected chi connectivity index (χ2v) is 7.70. The minimum absolute atomic E-state index is 0. The zero-order chi connectivity index (χ0) is 23.9. The molecule has 34 heavy (non-hydrogen) atoms. The predicted molar refractivity (Wildman–Crippen MR) is 105 cm³/mol. The monoisotopic (exact) mass is 488 g/mol. The van der Waals surface area contributed by atoms with Gasteiger partial charge in [-0.3, -0.25) is 19.2 Å². The molecule has 1 saturated heterocycles. The van der Waals surface area contributed by atoms with Crippen molar-refractivity contribution in [3.8, 4) is 5.75 Å². The summed E-state index contributed by atoms with van der Waals surface area (Å²) in [5, 5.41) is 17.5. The van der Waals surface area contributed by atoms with Gasteiger partial charge in [0.2, 0.25) is 0 Å². The van der Waals surface area contributed by atoms with Crippen molar-refractivity contribution in [2.45, 2.75) is 39.0 Å². The van der Waals surface area contributed by atoms with Gasteiger partial charge in [0.1, 0.15) is 28.7 Å². The van der Waals surface area contributed by atoms with E-state index in [2.05, 4.69) is 5.32 Å². The Morgan fingerprint density at radius 1 is 1.18 bits per heavy atom. The number of nitrogens with one attached hydrogen (secondary N) is 1. The van der Waals surface area contributed by atoms with E-state index < -0.39 is 63.8 Å². The number of halogens is 3. The van der Waals surface area contributed by atoms with Gasteiger partial charge in [-0.25, -0.2) is 18.2 Å². The zero-order valence-corrected chi connectivity index (χ0v) is 20.6. The fourth-order valence-electron chi connectivity index (χ4n) is 3.83. The molecule has 2 aliphatic rings. The molecule has 0 radical (unpaired) electrons. The quantitative estimate of drug-likeness (QED) is 0.502. The van der Waals surface area contributed by atoms with E-state index >= 15 is 0 Å². The number of amides is 2. The van der Waals surface area contributed by atoms with Crippen LogP contribution in [0.2, 0.25) is 0 Å². The van der Waals surface area contributed by atoms with Gasteiger partial charge < -0.3 is 15.0 Å². The second kappa shape index (κ2) is 10.5. The van der Waals surface area contributed by atoms with Gasteiger partial charge >= 0.3 is 29.6 Å². The van der Waals surface area contributed by atoms with Crippen LogP contribution >= 0.6 is 0 Å². The fourth-order valence-corrected chi connectivity index (χ4v) is 3.83. The number of fused-ring (bicyclic) bond motifs is 2. The Morgan fingerprint density at radius 2 is 1.85 bits per heavy atom. The fraction of sp³-hybridized carbons (Fsp3) is 0.381. The first-order valence-electron chi connectivity index (χ1n) is 10.3. The van der Waals surface area contributed by atoms with Gasteiger partial charge in [0.15, 0.2) is 5.43 Å². The SMILES string of the molecule is CCC1CCN2C(=O)c3c([O-])c(=O)c(C(=O)NCc4c(F)cc(F)cc4F)cn3CCN2O1.[Na+]. The number of hydrogen-bond acceptors (Lipinski definition) is 6. The van der Waals surface area contributed by atoms with E-state index in [9.17, 15) is 32.7 Å². The van der Waals surface area contributed by atoms with Crippen LogP contribution in [-0.2, 0) is 17.9 Å². The Balaban J connectivity index is 0.00000324. The van der Waals surface area contributed by atoms with Gasteiger partial charge in [0, 0.05) is 43.5 Å². The zero-order valence-electron chi connectivity index (χ0n) is 18.6. The maximum atomic E-state index is 13.8. The van der Waals surface area contributed by atoms with Crippen molar-refractivity contribution >= 4 is 11.8 Å². The first-order chi connectivity index (χ1) is 15.7. The molecular formula is C21H20F3N4NaO5. The number of hydrazine groups is 1. The Morgan fingerprint density at radius 3 is 2.50 bits per heavy atom. The van der Waals surface area contributed by atoms with Crippen molar-refractivity contribution in [3.05, 3.63) is 62.8 Å². The number of pyridine rings is 1. The summed E-state index contributed by atoms with van der Waals surface area (Å²) in [6, 6.07) is 0.914. The molecule has 0 spiro atoms. The van der Waals surface area contributed by atoms with Crippen molar-refractivity contribution in [1.82, 2.24) is 20.1 Å². The van der Waals surface area contributed by atoms with Gasteiger partial charge in [-0.05, 0) is 18.6 Å². The van der Waals surface area contributed by atoms with Crippen molar-refractivity contribution < 1.29 is 62.3 Å². The molecular weight excluding hydrogens is 468 g/mol. The first-order valence-corrected chi connectivity index (χ1v) is 10.3.